The molecular formula is C28H24ClN3O6. The molecule has 1 heterocycles. The van der Waals surface area contributed by atoms with Crippen LogP contribution in [-0.2, 0) is 14.3 Å². The number of halogens is 1. The summed E-state index contributed by atoms with van der Waals surface area (Å²) in [4.78, 5) is 51.3. The highest BCUT2D eigenvalue weighted by Crippen LogP contribution is 2.30. The molecular weight excluding hydrogens is 510 g/mol. The van der Waals surface area contributed by atoms with Crippen LogP contribution in [0.3, 0.4) is 0 Å². The molecule has 9 nitrogen and oxygen atoms in total. The Morgan fingerprint density at radius 3 is 2.24 bits per heavy atom. The second-order valence-electron chi connectivity index (χ2n) is 8.21. The molecule has 0 unspecified atom stereocenters. The van der Waals surface area contributed by atoms with E-state index in [9.17, 15) is 19.2 Å². The van der Waals surface area contributed by atoms with Gasteiger partial charge in [-0.05, 0) is 67.1 Å². The number of hydrogen-bond donors (Lipinski definition) is 2. The Bertz CT molecular complexity index is 1420. The number of esters is 1. The number of nitrogens with one attached hydrogen (secondary N) is 2. The van der Waals surface area contributed by atoms with Crippen LogP contribution in [0.15, 0.2) is 83.5 Å². The molecule has 1 aliphatic rings. The van der Waals surface area contributed by atoms with Crippen molar-refractivity contribution in [2.24, 2.45) is 0 Å². The Morgan fingerprint density at radius 1 is 0.895 bits per heavy atom. The second kappa shape index (κ2) is 11.6. The molecule has 0 aromatic heterocycles. The van der Waals surface area contributed by atoms with Crippen LogP contribution in [0.5, 0.6) is 5.75 Å². The van der Waals surface area contributed by atoms with Crippen LogP contribution >= 0.6 is 11.6 Å². The first kappa shape index (κ1) is 26.4. The molecule has 0 radical (unpaired) electrons. The third-order valence-electron chi connectivity index (χ3n) is 5.57. The van der Waals surface area contributed by atoms with E-state index in [2.05, 4.69) is 10.6 Å². The Kier molecular flexibility index (Phi) is 8.08. The van der Waals surface area contributed by atoms with E-state index >= 15 is 0 Å². The van der Waals surface area contributed by atoms with E-state index in [1.165, 1.54) is 24.3 Å². The molecule has 3 aromatic rings. The average Bonchev–Trinajstić information content (AvgIpc) is 3.15. The van der Waals surface area contributed by atoms with Crippen LogP contribution in [0.2, 0.25) is 0 Å². The third kappa shape index (κ3) is 5.68. The molecule has 4 rings (SSSR count). The van der Waals surface area contributed by atoms with Gasteiger partial charge in [-0.2, -0.15) is 0 Å². The zero-order valence-corrected chi connectivity index (χ0v) is 21.4. The lowest BCUT2D eigenvalue weighted by atomic mass is 10.2. The number of methoxy groups -OCH3 is 1. The van der Waals surface area contributed by atoms with Crippen molar-refractivity contribution in [3.8, 4) is 5.75 Å². The van der Waals surface area contributed by atoms with Gasteiger partial charge in [0.25, 0.3) is 17.7 Å². The molecule has 0 bridgehead atoms. The SMILES string of the molecule is CCCOC(=O)c1ccc(N2C(=O)C(Cl)=C(Nc3ccc(C(=O)Nc4cccc(OC)c4)cc3)C2=O)cc1. The van der Waals surface area contributed by atoms with E-state index < -0.39 is 17.8 Å². The molecule has 0 aliphatic carbocycles. The van der Waals surface area contributed by atoms with Crippen molar-refractivity contribution < 1.29 is 28.7 Å². The fraction of sp³-hybridized carbons (Fsp3) is 0.143. The highest BCUT2D eigenvalue weighted by Gasteiger charge is 2.39. The lowest BCUT2D eigenvalue weighted by molar-refractivity contribution is -0.120. The van der Waals surface area contributed by atoms with Crippen LogP contribution in [0, 0.1) is 0 Å². The molecule has 0 saturated heterocycles. The Balaban J connectivity index is 1.43. The summed E-state index contributed by atoms with van der Waals surface area (Å²) < 4.78 is 10.3. The molecule has 3 amide bonds. The quantitative estimate of drug-likeness (QED) is 0.295. The molecule has 10 heteroatoms. The molecule has 0 saturated carbocycles. The van der Waals surface area contributed by atoms with E-state index in [-0.39, 0.29) is 22.3 Å². The third-order valence-corrected chi connectivity index (χ3v) is 5.92. The smallest absolute Gasteiger partial charge is 0.338 e. The Labute approximate surface area is 224 Å². The van der Waals surface area contributed by atoms with E-state index in [0.29, 0.717) is 41.3 Å². The maximum absolute atomic E-state index is 13.1. The summed E-state index contributed by atoms with van der Waals surface area (Å²) in [6.45, 7) is 2.18. The van der Waals surface area contributed by atoms with Crippen LogP contribution < -0.4 is 20.3 Å². The molecule has 0 fully saturated rings. The molecule has 3 aromatic carbocycles. The van der Waals surface area contributed by atoms with Gasteiger partial charge in [0.1, 0.15) is 16.5 Å². The van der Waals surface area contributed by atoms with Crippen LogP contribution in [0.1, 0.15) is 34.1 Å². The topological polar surface area (TPSA) is 114 Å². The Hall–Kier alpha value is -4.63. The summed E-state index contributed by atoms with van der Waals surface area (Å²) in [5.41, 5.74) is 1.87. The fourth-order valence-electron chi connectivity index (χ4n) is 3.62. The number of carbonyl (C=O) groups excluding carboxylic acids is 4. The minimum atomic E-state index is -0.699. The molecule has 194 valence electrons. The molecule has 1 aliphatic heterocycles. The van der Waals surface area contributed by atoms with Crippen molar-refractivity contribution in [3.63, 3.8) is 0 Å². The fourth-order valence-corrected chi connectivity index (χ4v) is 3.84. The summed E-state index contributed by atoms with van der Waals surface area (Å²) in [5, 5.41) is 5.38. The average molecular weight is 534 g/mol. The maximum Gasteiger partial charge on any atom is 0.338 e. The van der Waals surface area contributed by atoms with E-state index in [1.54, 1.807) is 55.6 Å². The van der Waals surface area contributed by atoms with Crippen LogP contribution in [0.25, 0.3) is 0 Å². The van der Waals surface area contributed by atoms with Crippen molar-refractivity contribution in [2.45, 2.75) is 13.3 Å². The van der Waals surface area contributed by atoms with Gasteiger partial charge in [0.2, 0.25) is 0 Å². The van der Waals surface area contributed by atoms with E-state index in [1.807, 2.05) is 6.92 Å². The van der Waals surface area contributed by atoms with Gasteiger partial charge in [-0.15, -0.1) is 0 Å². The number of carbonyl (C=O) groups is 4. The Morgan fingerprint density at radius 2 is 1.58 bits per heavy atom. The summed E-state index contributed by atoms with van der Waals surface area (Å²) in [5.74, 6) is -1.56. The standard InChI is InChI=1S/C28H24ClN3O6/c1-3-15-38-28(36)18-9-13-21(14-10-18)32-26(34)23(29)24(27(32)35)30-19-11-7-17(8-12-19)25(33)31-20-5-4-6-22(16-20)37-2/h4-14,16,30H,3,15H2,1-2H3,(H,31,33). The minimum absolute atomic E-state index is 0.100. The van der Waals surface area contributed by atoms with Crippen molar-refractivity contribution in [3.05, 3.63) is 94.7 Å². The van der Waals surface area contributed by atoms with Gasteiger partial charge >= 0.3 is 5.97 Å². The van der Waals surface area contributed by atoms with Crippen LogP contribution in [0.4, 0.5) is 17.1 Å². The van der Waals surface area contributed by atoms with Gasteiger partial charge in [-0.3, -0.25) is 14.4 Å². The van der Waals surface area contributed by atoms with Crippen molar-refractivity contribution in [2.75, 3.05) is 29.3 Å². The minimum Gasteiger partial charge on any atom is -0.497 e. The van der Waals surface area contributed by atoms with Gasteiger partial charge in [0.05, 0.1) is 25.0 Å². The van der Waals surface area contributed by atoms with Crippen molar-refractivity contribution in [1.29, 1.82) is 0 Å². The van der Waals surface area contributed by atoms with E-state index in [4.69, 9.17) is 21.1 Å². The maximum atomic E-state index is 13.1. The zero-order valence-electron chi connectivity index (χ0n) is 20.6. The lowest BCUT2D eigenvalue weighted by Gasteiger charge is -2.15. The summed E-state index contributed by atoms with van der Waals surface area (Å²) in [6, 6.07) is 19.2. The number of amides is 3. The molecule has 0 spiro atoms. The number of hydrogen-bond acceptors (Lipinski definition) is 7. The van der Waals surface area contributed by atoms with Gasteiger partial charge in [-0.1, -0.05) is 24.6 Å². The number of ether oxygens (including phenoxy) is 2. The summed E-state index contributed by atoms with van der Waals surface area (Å²) >= 11 is 6.21. The van der Waals surface area contributed by atoms with Crippen LogP contribution in [-0.4, -0.2) is 37.4 Å². The van der Waals surface area contributed by atoms with Gasteiger partial charge in [0, 0.05) is 23.0 Å². The lowest BCUT2D eigenvalue weighted by Crippen LogP contribution is -2.32. The predicted octanol–water partition coefficient (Wildman–Crippen LogP) is 4.95. The largest absolute Gasteiger partial charge is 0.497 e. The first-order valence-corrected chi connectivity index (χ1v) is 12.1. The molecule has 38 heavy (non-hydrogen) atoms. The van der Waals surface area contributed by atoms with Gasteiger partial charge in [0.15, 0.2) is 0 Å². The van der Waals surface area contributed by atoms with Crippen molar-refractivity contribution >= 4 is 52.4 Å². The number of nitrogens with zero attached hydrogens (tertiary/aromatic N) is 1. The number of anilines is 3. The molecule has 2 N–H and O–H groups in total. The molecule has 0 atom stereocenters. The number of benzene rings is 3. The predicted molar refractivity (Wildman–Crippen MR) is 143 cm³/mol. The van der Waals surface area contributed by atoms with Gasteiger partial charge < -0.3 is 20.1 Å². The summed E-state index contributed by atoms with van der Waals surface area (Å²) in [7, 11) is 1.54. The number of rotatable bonds is 9. The monoisotopic (exact) mass is 533 g/mol. The number of imide groups is 1. The first-order chi connectivity index (χ1) is 18.3. The van der Waals surface area contributed by atoms with Gasteiger partial charge in [-0.25, -0.2) is 9.69 Å². The van der Waals surface area contributed by atoms with E-state index in [0.717, 1.165) is 4.90 Å². The zero-order chi connectivity index (χ0) is 27.2. The highest BCUT2D eigenvalue weighted by molar-refractivity contribution is 6.53. The van der Waals surface area contributed by atoms with Crippen molar-refractivity contribution in [1.82, 2.24) is 0 Å². The normalized spacial score (nSPS) is 13.0. The first-order valence-electron chi connectivity index (χ1n) is 11.7. The highest BCUT2D eigenvalue weighted by atomic mass is 35.5. The summed E-state index contributed by atoms with van der Waals surface area (Å²) in [6.07, 6.45) is 0.694. The second-order valence-corrected chi connectivity index (χ2v) is 8.58.